The van der Waals surface area contributed by atoms with E-state index in [0.29, 0.717) is 5.69 Å². The Labute approximate surface area is 131 Å². The summed E-state index contributed by atoms with van der Waals surface area (Å²) in [6, 6.07) is 12.2. The maximum absolute atomic E-state index is 12.2. The van der Waals surface area contributed by atoms with Crippen LogP contribution in [0.25, 0.3) is 5.52 Å². The molecule has 0 radical (unpaired) electrons. The van der Waals surface area contributed by atoms with Crippen LogP contribution < -0.4 is 4.72 Å². The van der Waals surface area contributed by atoms with E-state index in [1.807, 2.05) is 18.2 Å². The van der Waals surface area contributed by atoms with Crippen molar-refractivity contribution in [2.75, 3.05) is 0 Å². The van der Waals surface area contributed by atoms with Crippen molar-refractivity contribution >= 4 is 21.2 Å². The second-order valence-corrected chi connectivity index (χ2v) is 6.55. The van der Waals surface area contributed by atoms with Gasteiger partial charge in [-0.3, -0.25) is 10.1 Å². The van der Waals surface area contributed by atoms with Gasteiger partial charge in [-0.1, -0.05) is 12.1 Å². The van der Waals surface area contributed by atoms with Gasteiger partial charge >= 0.3 is 0 Å². The number of hydrogen-bond donors (Lipinski definition) is 1. The van der Waals surface area contributed by atoms with Crippen molar-refractivity contribution in [3.05, 3.63) is 70.5 Å². The van der Waals surface area contributed by atoms with E-state index in [1.54, 1.807) is 16.8 Å². The summed E-state index contributed by atoms with van der Waals surface area (Å²) in [5.74, 6) is 0. The molecular weight excluding hydrogens is 320 g/mol. The highest BCUT2D eigenvalue weighted by Gasteiger charge is 2.17. The van der Waals surface area contributed by atoms with Crippen molar-refractivity contribution in [3.8, 4) is 0 Å². The molecule has 0 unspecified atom stereocenters. The van der Waals surface area contributed by atoms with Gasteiger partial charge in [-0.15, -0.1) is 0 Å². The Hall–Kier alpha value is -2.78. The molecule has 118 valence electrons. The molecule has 8 nitrogen and oxygen atoms in total. The third kappa shape index (κ3) is 3.20. The van der Waals surface area contributed by atoms with Crippen molar-refractivity contribution in [3.63, 3.8) is 0 Å². The van der Waals surface area contributed by atoms with Crippen LogP contribution in [0.1, 0.15) is 5.69 Å². The molecule has 0 aliphatic carbocycles. The fourth-order valence-corrected chi connectivity index (χ4v) is 3.13. The highest BCUT2D eigenvalue weighted by Crippen LogP contribution is 2.17. The lowest BCUT2D eigenvalue weighted by molar-refractivity contribution is -0.385. The first-order valence-electron chi connectivity index (χ1n) is 6.63. The first-order valence-corrected chi connectivity index (χ1v) is 8.11. The van der Waals surface area contributed by atoms with Crippen LogP contribution in [0.4, 0.5) is 5.69 Å². The summed E-state index contributed by atoms with van der Waals surface area (Å²) in [4.78, 5) is 9.94. The van der Waals surface area contributed by atoms with Crippen LogP contribution in [0.2, 0.25) is 0 Å². The van der Waals surface area contributed by atoms with Gasteiger partial charge in [0.15, 0.2) is 0 Å². The number of nitrogens with zero attached hydrogens (tertiary/aromatic N) is 3. The molecule has 2 heterocycles. The van der Waals surface area contributed by atoms with Gasteiger partial charge in [0.2, 0.25) is 10.0 Å². The van der Waals surface area contributed by atoms with Crippen LogP contribution in [0.5, 0.6) is 0 Å². The predicted octanol–water partition coefficient (Wildman–Crippen LogP) is 1.72. The highest BCUT2D eigenvalue weighted by molar-refractivity contribution is 7.89. The number of nitro benzene ring substituents is 1. The highest BCUT2D eigenvalue weighted by atomic mass is 32.2. The van der Waals surface area contributed by atoms with E-state index < -0.39 is 14.9 Å². The van der Waals surface area contributed by atoms with Gasteiger partial charge < -0.3 is 0 Å². The second-order valence-electron chi connectivity index (χ2n) is 4.78. The Morgan fingerprint density at radius 3 is 2.74 bits per heavy atom. The molecule has 9 heteroatoms. The molecule has 23 heavy (non-hydrogen) atoms. The van der Waals surface area contributed by atoms with Crippen LogP contribution in [-0.4, -0.2) is 23.0 Å². The van der Waals surface area contributed by atoms with Gasteiger partial charge in [0.25, 0.3) is 5.69 Å². The molecule has 0 aliphatic heterocycles. The summed E-state index contributed by atoms with van der Waals surface area (Å²) in [7, 11) is -3.86. The number of sulfonamides is 1. The molecule has 0 spiro atoms. The van der Waals surface area contributed by atoms with Gasteiger partial charge in [0.05, 0.1) is 27.6 Å². The average molecular weight is 332 g/mol. The average Bonchev–Trinajstić information content (AvgIpc) is 2.96. The van der Waals surface area contributed by atoms with Gasteiger partial charge in [-0.25, -0.2) is 17.7 Å². The number of nitro groups is 1. The summed E-state index contributed by atoms with van der Waals surface area (Å²) in [5.41, 5.74) is 1.11. The maximum Gasteiger partial charge on any atom is 0.270 e. The summed E-state index contributed by atoms with van der Waals surface area (Å²) in [6.45, 7) is -0.00724. The molecule has 3 rings (SSSR count). The molecule has 0 aliphatic rings. The molecule has 2 aromatic heterocycles. The summed E-state index contributed by atoms with van der Waals surface area (Å²) < 4.78 is 28.5. The largest absolute Gasteiger partial charge is 0.270 e. The normalized spacial score (nSPS) is 11.7. The van der Waals surface area contributed by atoms with Crippen LogP contribution in [0.3, 0.4) is 0 Å². The molecule has 0 saturated heterocycles. The number of hydrogen-bond acceptors (Lipinski definition) is 5. The Balaban J connectivity index is 1.81. The van der Waals surface area contributed by atoms with Gasteiger partial charge in [-0.2, -0.15) is 5.10 Å². The first kappa shape index (κ1) is 15.1. The lowest BCUT2D eigenvalue weighted by atomic mass is 10.3. The smallest absolute Gasteiger partial charge is 0.258 e. The Morgan fingerprint density at radius 1 is 1.17 bits per heavy atom. The fourth-order valence-electron chi connectivity index (χ4n) is 2.09. The molecule has 1 aromatic carbocycles. The van der Waals surface area contributed by atoms with Gasteiger partial charge in [0, 0.05) is 18.3 Å². The van der Waals surface area contributed by atoms with E-state index >= 15 is 0 Å². The van der Waals surface area contributed by atoms with E-state index in [0.717, 1.165) is 11.6 Å². The van der Waals surface area contributed by atoms with Crippen molar-refractivity contribution in [2.24, 2.45) is 0 Å². The van der Waals surface area contributed by atoms with Crippen molar-refractivity contribution in [1.29, 1.82) is 0 Å². The molecule has 0 bridgehead atoms. The Kier molecular flexibility index (Phi) is 3.80. The molecule has 3 aromatic rings. The number of aromatic nitrogens is 2. The number of non-ortho nitro benzene ring substituents is 1. The summed E-state index contributed by atoms with van der Waals surface area (Å²) in [6.07, 6.45) is 1.76. The topological polar surface area (TPSA) is 107 Å². The molecule has 0 fully saturated rings. The fraction of sp³-hybridized carbons (Fsp3) is 0.0714. The quantitative estimate of drug-likeness (QED) is 0.565. The minimum absolute atomic E-state index is 0.00724. The third-order valence-corrected chi connectivity index (χ3v) is 4.60. The number of benzene rings is 1. The molecule has 0 amide bonds. The molecule has 0 atom stereocenters. The number of pyridine rings is 1. The SMILES string of the molecule is O=[N+]([O-])c1cccc(S(=O)(=O)NCc2cc3ccccn3n2)c1. The van der Waals surface area contributed by atoms with Gasteiger partial charge in [-0.05, 0) is 24.3 Å². The predicted molar refractivity (Wildman–Crippen MR) is 82.3 cm³/mol. The zero-order chi connectivity index (χ0) is 16.4. The number of nitrogens with one attached hydrogen (secondary N) is 1. The van der Waals surface area contributed by atoms with Gasteiger partial charge in [0.1, 0.15) is 0 Å². The minimum atomic E-state index is -3.86. The standard InChI is InChI=1S/C14H12N4O4S/c19-18(20)13-5-3-6-14(9-13)23(21,22)15-10-11-8-12-4-1-2-7-17(12)16-11/h1-9,15H,10H2. The molecular formula is C14H12N4O4S. The van der Waals surface area contributed by atoms with Crippen LogP contribution in [-0.2, 0) is 16.6 Å². The molecule has 1 N–H and O–H groups in total. The van der Waals surface area contributed by atoms with Crippen LogP contribution in [0, 0.1) is 10.1 Å². The van der Waals surface area contributed by atoms with Crippen LogP contribution >= 0.6 is 0 Å². The summed E-state index contributed by atoms with van der Waals surface area (Å²) in [5, 5.41) is 15.0. The number of rotatable bonds is 5. The zero-order valence-electron chi connectivity index (χ0n) is 11.8. The lowest BCUT2D eigenvalue weighted by Crippen LogP contribution is -2.23. The monoisotopic (exact) mass is 332 g/mol. The zero-order valence-corrected chi connectivity index (χ0v) is 12.6. The minimum Gasteiger partial charge on any atom is -0.258 e. The van der Waals surface area contributed by atoms with Crippen molar-refractivity contribution in [1.82, 2.24) is 14.3 Å². The van der Waals surface area contributed by atoms with E-state index in [-0.39, 0.29) is 17.1 Å². The van der Waals surface area contributed by atoms with E-state index in [4.69, 9.17) is 0 Å². The number of fused-ring (bicyclic) bond motifs is 1. The Bertz CT molecular complexity index is 948. The van der Waals surface area contributed by atoms with E-state index in [1.165, 1.54) is 18.2 Å². The first-order chi connectivity index (χ1) is 11.0. The second kappa shape index (κ2) is 5.78. The molecule has 0 saturated carbocycles. The lowest BCUT2D eigenvalue weighted by Gasteiger charge is -2.05. The van der Waals surface area contributed by atoms with E-state index in [2.05, 4.69) is 9.82 Å². The Morgan fingerprint density at radius 2 is 2.00 bits per heavy atom. The van der Waals surface area contributed by atoms with Crippen LogP contribution in [0.15, 0.2) is 59.6 Å². The third-order valence-electron chi connectivity index (χ3n) is 3.20. The van der Waals surface area contributed by atoms with Crippen molar-refractivity contribution < 1.29 is 13.3 Å². The van der Waals surface area contributed by atoms with Crippen molar-refractivity contribution in [2.45, 2.75) is 11.4 Å². The van der Waals surface area contributed by atoms with E-state index in [9.17, 15) is 18.5 Å². The maximum atomic E-state index is 12.2. The summed E-state index contributed by atoms with van der Waals surface area (Å²) >= 11 is 0.